The predicted molar refractivity (Wildman–Crippen MR) is 244 cm³/mol. The van der Waals surface area contributed by atoms with Gasteiger partial charge in [-0.05, 0) is 90.0 Å². The molecule has 4 atom stereocenters. The van der Waals surface area contributed by atoms with Crippen molar-refractivity contribution < 1.29 is 42.9 Å². The van der Waals surface area contributed by atoms with Crippen LogP contribution in [0.4, 0.5) is 14.0 Å². The van der Waals surface area contributed by atoms with Crippen LogP contribution in [0.15, 0.2) is 65.5 Å². The highest BCUT2D eigenvalue weighted by atomic mass is 19.1. The van der Waals surface area contributed by atoms with Crippen LogP contribution >= 0.6 is 0 Å². The Balaban J connectivity index is 0.989. The highest BCUT2D eigenvalue weighted by Crippen LogP contribution is 2.47. The van der Waals surface area contributed by atoms with Crippen LogP contribution in [0.5, 0.6) is 0 Å². The van der Waals surface area contributed by atoms with Crippen LogP contribution in [0.3, 0.4) is 0 Å². The van der Waals surface area contributed by atoms with Crippen LogP contribution < -0.4 is 32.6 Å². The molecule has 0 spiro atoms. The van der Waals surface area contributed by atoms with Crippen LogP contribution in [0, 0.1) is 18.7 Å². The summed E-state index contributed by atoms with van der Waals surface area (Å²) in [6.07, 6.45) is 0.168. The van der Waals surface area contributed by atoms with Gasteiger partial charge < -0.3 is 46.1 Å². The van der Waals surface area contributed by atoms with Gasteiger partial charge in [-0.2, -0.15) is 0 Å². The number of ether oxygens (including phenoxy) is 2. The number of esters is 1. The fraction of sp³-hybridized carbons (Fsp3) is 0.380. The van der Waals surface area contributed by atoms with Gasteiger partial charge in [-0.15, -0.1) is 0 Å². The van der Waals surface area contributed by atoms with Crippen molar-refractivity contribution in [1.29, 1.82) is 0 Å². The zero-order valence-electron chi connectivity index (χ0n) is 37.6. The molecule has 0 fully saturated rings. The van der Waals surface area contributed by atoms with E-state index in [9.17, 15) is 33.9 Å². The lowest BCUT2D eigenvalue weighted by Gasteiger charge is -2.31. The molecule has 16 nitrogen and oxygen atoms in total. The number of primary amides is 1. The molecule has 0 saturated carbocycles. The number of pyridine rings is 2. The minimum Gasteiger partial charge on any atom is -0.458 e. The van der Waals surface area contributed by atoms with Gasteiger partial charge in [0.05, 0.1) is 35.1 Å². The number of nitrogens with two attached hydrogens (primary N) is 1. The molecule has 2 aliphatic carbocycles. The SMILES string of the molecule is CC[C@@]1(O)C(=O)OCc2c1cc1n(c2=O)Cc2c-1nc1cc(F)c(C)c3c1c2[C@@H](NC(=O)[C@@H](CCCNC(N)=O)NC(=O)[C@@H](NC(=O)OCC1c2ccccc2-c2ccccc21)C(C)C)CC3. The Hall–Kier alpha value is -7.14. The number of halogens is 1. The molecule has 2 aromatic heterocycles. The Bertz CT molecular complexity index is 2920. The molecular formula is C50H52FN7O9. The van der Waals surface area contributed by atoms with E-state index < -0.39 is 70.9 Å². The van der Waals surface area contributed by atoms with Crippen molar-refractivity contribution in [3.63, 3.8) is 0 Å². The molecule has 0 bridgehead atoms. The number of hydrogen-bond acceptors (Lipinski definition) is 10. The number of carbonyl (C=O) groups excluding carboxylic acids is 5. The first-order valence-electron chi connectivity index (χ1n) is 22.7. The highest BCUT2D eigenvalue weighted by Gasteiger charge is 2.46. The molecule has 5 amide bonds. The minimum absolute atomic E-state index is 0.0317. The third kappa shape index (κ3) is 7.83. The third-order valence-electron chi connectivity index (χ3n) is 13.9. The maximum absolute atomic E-state index is 15.6. The predicted octanol–water partition coefficient (Wildman–Crippen LogP) is 5.13. The molecule has 5 aromatic rings. The molecule has 0 radical (unpaired) electrons. The second-order valence-corrected chi connectivity index (χ2v) is 18.1. The summed E-state index contributed by atoms with van der Waals surface area (Å²) in [5, 5.41) is 23.3. The van der Waals surface area contributed by atoms with E-state index in [1.807, 2.05) is 48.5 Å². The second-order valence-electron chi connectivity index (χ2n) is 18.1. The van der Waals surface area contributed by atoms with Crippen LogP contribution in [0.25, 0.3) is 33.4 Å². The zero-order valence-corrected chi connectivity index (χ0v) is 37.6. The third-order valence-corrected chi connectivity index (χ3v) is 13.9. The van der Waals surface area contributed by atoms with Gasteiger partial charge >= 0.3 is 18.1 Å². The molecule has 0 unspecified atom stereocenters. The fourth-order valence-electron chi connectivity index (χ4n) is 10.3. The summed E-state index contributed by atoms with van der Waals surface area (Å²) in [5.74, 6) is -3.16. The maximum Gasteiger partial charge on any atom is 0.407 e. The van der Waals surface area contributed by atoms with E-state index in [1.165, 1.54) is 10.6 Å². The average molecular weight is 914 g/mol. The summed E-state index contributed by atoms with van der Waals surface area (Å²) in [6, 6.07) is 15.1. The Morgan fingerprint density at radius 2 is 1.70 bits per heavy atom. The minimum atomic E-state index is -2.06. The second kappa shape index (κ2) is 17.6. The van der Waals surface area contributed by atoms with Gasteiger partial charge in [0.2, 0.25) is 11.8 Å². The fourth-order valence-corrected chi connectivity index (χ4v) is 10.3. The first kappa shape index (κ1) is 45.0. The van der Waals surface area contributed by atoms with E-state index in [1.54, 1.807) is 33.8 Å². The number of benzene rings is 3. The molecule has 0 saturated heterocycles. The van der Waals surface area contributed by atoms with Crippen molar-refractivity contribution in [2.45, 2.75) is 103 Å². The molecule has 17 heteroatoms. The topological polar surface area (TPSA) is 233 Å². The van der Waals surface area contributed by atoms with Crippen LogP contribution in [0.2, 0.25) is 0 Å². The Labute approximate surface area is 384 Å². The largest absolute Gasteiger partial charge is 0.458 e. The number of cyclic esters (lactones) is 1. The smallest absolute Gasteiger partial charge is 0.407 e. The number of alkyl carbamates (subject to hydrolysis) is 1. The molecule has 4 heterocycles. The van der Waals surface area contributed by atoms with Crippen LogP contribution in [-0.2, 0) is 49.0 Å². The summed E-state index contributed by atoms with van der Waals surface area (Å²) < 4.78 is 28.1. The van der Waals surface area contributed by atoms with Gasteiger partial charge in [0.25, 0.3) is 5.56 Å². The molecule has 4 aliphatic rings. The van der Waals surface area contributed by atoms with E-state index in [0.29, 0.717) is 57.4 Å². The number of aromatic nitrogens is 2. The summed E-state index contributed by atoms with van der Waals surface area (Å²) in [5.41, 5.74) is 10.6. The van der Waals surface area contributed by atoms with E-state index in [4.69, 9.17) is 20.2 Å². The van der Waals surface area contributed by atoms with Crippen molar-refractivity contribution in [3.8, 4) is 22.5 Å². The number of nitrogens with zero attached hydrogens (tertiary/aromatic N) is 2. The molecule has 3 aromatic carbocycles. The molecular weight excluding hydrogens is 862 g/mol. The van der Waals surface area contributed by atoms with E-state index in [2.05, 4.69) is 21.3 Å². The number of rotatable bonds is 13. The summed E-state index contributed by atoms with van der Waals surface area (Å²) in [7, 11) is 0. The lowest BCUT2D eigenvalue weighted by molar-refractivity contribution is -0.172. The number of hydrogen-bond donors (Lipinski definition) is 6. The lowest BCUT2D eigenvalue weighted by atomic mass is 9.81. The van der Waals surface area contributed by atoms with Gasteiger partial charge in [-0.1, -0.05) is 69.3 Å². The van der Waals surface area contributed by atoms with Crippen molar-refractivity contribution in [2.24, 2.45) is 11.7 Å². The number of nitrogens with one attached hydrogen (secondary N) is 4. The van der Waals surface area contributed by atoms with Gasteiger partial charge in [0.15, 0.2) is 5.60 Å². The van der Waals surface area contributed by atoms with Crippen molar-refractivity contribution in [3.05, 3.63) is 121 Å². The Morgan fingerprint density at radius 1 is 1.00 bits per heavy atom. The Morgan fingerprint density at radius 3 is 2.37 bits per heavy atom. The lowest BCUT2D eigenvalue weighted by Crippen LogP contribution is -2.56. The van der Waals surface area contributed by atoms with Crippen molar-refractivity contribution in [2.75, 3.05) is 13.2 Å². The zero-order chi connectivity index (χ0) is 47.5. The van der Waals surface area contributed by atoms with Gasteiger partial charge in [-0.3, -0.25) is 14.4 Å². The molecule has 348 valence electrons. The normalized spacial score (nSPS) is 18.4. The van der Waals surface area contributed by atoms with E-state index in [0.717, 1.165) is 22.3 Å². The summed E-state index contributed by atoms with van der Waals surface area (Å²) in [4.78, 5) is 85.6. The molecule has 7 N–H and O–H groups in total. The standard InChI is InChI=1S/C50H52FN7O9/c1-5-50(65)34-19-39-43-31(21-58(39)46(61)33(34)23-66-47(50)62)41-36(17-16-26-25(4)35(51)20-38(54-43)40(26)41)55-44(59)37(15-10-18-53-48(52)63)56-45(60)42(24(2)3)57-49(64)67-22-32-29-13-8-6-11-27(29)28-12-7-9-14-30(28)32/h6-9,11-14,19-20,24,32,36-37,42,65H,5,10,15-18,21-23H2,1-4H3,(H,55,59)(H,56,60)(H,57,64)(H3,52,53,63)/t36-,37+,42-,50-/m0/s1. The van der Waals surface area contributed by atoms with Crippen LogP contribution in [0.1, 0.15) is 103 Å². The highest BCUT2D eigenvalue weighted by molar-refractivity contribution is 5.95. The number of amides is 5. The first-order valence-corrected chi connectivity index (χ1v) is 22.7. The number of aliphatic hydroxyl groups is 1. The Kier molecular flexibility index (Phi) is 11.8. The van der Waals surface area contributed by atoms with Crippen molar-refractivity contribution in [1.82, 2.24) is 30.8 Å². The van der Waals surface area contributed by atoms with Gasteiger partial charge in [0.1, 0.15) is 31.1 Å². The van der Waals surface area contributed by atoms with Gasteiger partial charge in [-0.25, -0.2) is 23.8 Å². The summed E-state index contributed by atoms with van der Waals surface area (Å²) >= 11 is 0. The average Bonchev–Trinajstić information content (AvgIpc) is 3.84. The summed E-state index contributed by atoms with van der Waals surface area (Å²) in [6.45, 7) is 6.67. The molecule has 2 aliphatic heterocycles. The van der Waals surface area contributed by atoms with E-state index in [-0.39, 0.29) is 62.6 Å². The monoisotopic (exact) mass is 913 g/mol. The number of urea groups is 1. The van der Waals surface area contributed by atoms with Gasteiger partial charge in [0, 0.05) is 35.0 Å². The first-order chi connectivity index (χ1) is 32.1. The maximum atomic E-state index is 15.6. The number of aryl methyl sites for hydroxylation is 1. The quantitative estimate of drug-likeness (QED) is 0.0661. The number of carbonyl (C=O) groups is 5. The van der Waals surface area contributed by atoms with Crippen LogP contribution in [-0.4, -0.2) is 69.8 Å². The molecule has 9 rings (SSSR count). The molecule has 67 heavy (non-hydrogen) atoms. The van der Waals surface area contributed by atoms with Crippen molar-refractivity contribution >= 4 is 40.8 Å². The van der Waals surface area contributed by atoms with E-state index >= 15 is 4.39 Å². The number of fused-ring (bicyclic) bond motifs is 8.